The number of hydrogen-bond acceptors (Lipinski definition) is 5. The number of aromatic nitrogens is 2. The van der Waals surface area contributed by atoms with Gasteiger partial charge in [-0.05, 0) is 48.4 Å². The van der Waals surface area contributed by atoms with E-state index in [9.17, 15) is 9.59 Å². The zero-order chi connectivity index (χ0) is 22.8. The van der Waals surface area contributed by atoms with Crippen molar-refractivity contribution in [2.75, 3.05) is 20.2 Å². The zero-order valence-corrected chi connectivity index (χ0v) is 19.0. The van der Waals surface area contributed by atoms with Gasteiger partial charge in [-0.1, -0.05) is 12.1 Å². The summed E-state index contributed by atoms with van der Waals surface area (Å²) in [5.74, 6) is 0.722. The van der Waals surface area contributed by atoms with Crippen LogP contribution in [-0.2, 0) is 6.54 Å². The van der Waals surface area contributed by atoms with Crippen molar-refractivity contribution in [3.63, 3.8) is 0 Å². The Kier molecular flexibility index (Phi) is 5.83. The number of carbonyl (C=O) groups is 2. The summed E-state index contributed by atoms with van der Waals surface area (Å²) in [7, 11) is 1.58. The van der Waals surface area contributed by atoms with Crippen LogP contribution in [0.2, 0.25) is 0 Å². The lowest BCUT2D eigenvalue weighted by Crippen LogP contribution is -2.28. The lowest BCUT2D eigenvalue weighted by molar-refractivity contribution is 0.0787. The van der Waals surface area contributed by atoms with E-state index in [-0.39, 0.29) is 17.7 Å². The second kappa shape index (κ2) is 9.07. The highest BCUT2D eigenvalue weighted by Gasteiger charge is 2.30. The maximum absolute atomic E-state index is 13.0. The van der Waals surface area contributed by atoms with Crippen LogP contribution in [0.25, 0.3) is 5.65 Å². The highest BCUT2D eigenvalue weighted by Crippen LogP contribution is 2.33. The van der Waals surface area contributed by atoms with Gasteiger partial charge in [0.2, 0.25) is 0 Å². The lowest BCUT2D eigenvalue weighted by atomic mass is 10.1. The SMILES string of the molecule is COc1ccccc1C(=O)N1CCC(c2ccc(C(=O)NCc3ccn4ccnc4c3)s2)C1. The number of imidazole rings is 1. The van der Waals surface area contributed by atoms with Crippen LogP contribution in [0.1, 0.15) is 42.8 Å². The Morgan fingerprint density at radius 2 is 2.06 bits per heavy atom. The van der Waals surface area contributed by atoms with E-state index in [0.29, 0.717) is 35.8 Å². The number of carbonyl (C=O) groups excluding carboxylic acids is 2. The van der Waals surface area contributed by atoms with E-state index < -0.39 is 0 Å². The first-order valence-corrected chi connectivity index (χ1v) is 11.7. The molecule has 168 valence electrons. The largest absolute Gasteiger partial charge is 0.496 e. The molecule has 1 N–H and O–H groups in total. The average molecular weight is 461 g/mol. The van der Waals surface area contributed by atoms with Gasteiger partial charge in [0.05, 0.1) is 17.6 Å². The van der Waals surface area contributed by atoms with Crippen molar-refractivity contribution in [3.05, 3.63) is 88.0 Å². The molecule has 3 aromatic heterocycles. The molecule has 1 aromatic carbocycles. The van der Waals surface area contributed by atoms with Crippen LogP contribution in [0.4, 0.5) is 0 Å². The van der Waals surface area contributed by atoms with E-state index in [4.69, 9.17) is 4.74 Å². The number of para-hydroxylation sites is 1. The van der Waals surface area contributed by atoms with Crippen LogP contribution < -0.4 is 10.1 Å². The fourth-order valence-electron chi connectivity index (χ4n) is 4.19. The molecule has 1 unspecified atom stereocenters. The van der Waals surface area contributed by atoms with Crippen molar-refractivity contribution in [1.82, 2.24) is 19.6 Å². The first-order valence-electron chi connectivity index (χ1n) is 10.8. The third kappa shape index (κ3) is 4.34. The molecule has 1 atom stereocenters. The monoisotopic (exact) mass is 460 g/mol. The summed E-state index contributed by atoms with van der Waals surface area (Å²) in [6.45, 7) is 1.78. The molecule has 1 saturated heterocycles. The first-order chi connectivity index (χ1) is 16.1. The smallest absolute Gasteiger partial charge is 0.261 e. The van der Waals surface area contributed by atoms with Gasteiger partial charge < -0.3 is 19.4 Å². The predicted octanol–water partition coefficient (Wildman–Crippen LogP) is 3.96. The highest BCUT2D eigenvalue weighted by molar-refractivity contribution is 7.14. The van der Waals surface area contributed by atoms with Gasteiger partial charge in [0.1, 0.15) is 11.4 Å². The molecule has 0 radical (unpaired) electrons. The number of nitrogens with one attached hydrogen (secondary N) is 1. The second-order valence-corrected chi connectivity index (χ2v) is 9.16. The third-order valence-corrected chi connectivity index (χ3v) is 7.23. The summed E-state index contributed by atoms with van der Waals surface area (Å²) in [5.41, 5.74) is 2.44. The molecule has 8 heteroatoms. The molecule has 1 aliphatic heterocycles. The van der Waals surface area contributed by atoms with E-state index in [1.807, 2.05) is 58.1 Å². The van der Waals surface area contributed by atoms with E-state index in [1.54, 1.807) is 25.4 Å². The number of benzene rings is 1. The zero-order valence-electron chi connectivity index (χ0n) is 18.2. The van der Waals surface area contributed by atoms with Crippen LogP contribution in [0.3, 0.4) is 0 Å². The molecule has 4 aromatic rings. The Bertz CT molecular complexity index is 1310. The number of methoxy groups -OCH3 is 1. The van der Waals surface area contributed by atoms with E-state index >= 15 is 0 Å². The highest BCUT2D eigenvalue weighted by atomic mass is 32.1. The summed E-state index contributed by atoms with van der Waals surface area (Å²) in [6, 6.07) is 15.1. The summed E-state index contributed by atoms with van der Waals surface area (Å²) >= 11 is 1.50. The van der Waals surface area contributed by atoms with Gasteiger partial charge in [-0.15, -0.1) is 11.3 Å². The number of ether oxygens (including phenoxy) is 1. The van der Waals surface area contributed by atoms with Gasteiger partial charge in [0.15, 0.2) is 0 Å². The Labute approximate surface area is 195 Å². The van der Waals surface area contributed by atoms with Crippen LogP contribution >= 0.6 is 11.3 Å². The molecule has 33 heavy (non-hydrogen) atoms. The molecule has 4 heterocycles. The van der Waals surface area contributed by atoms with Gasteiger partial charge in [-0.25, -0.2) is 4.98 Å². The van der Waals surface area contributed by atoms with Crippen LogP contribution in [0, 0.1) is 0 Å². The van der Waals surface area contributed by atoms with Crippen molar-refractivity contribution < 1.29 is 14.3 Å². The van der Waals surface area contributed by atoms with E-state index in [2.05, 4.69) is 10.3 Å². The standard InChI is InChI=1S/C25H24N4O3S/c1-32-20-5-3-2-4-19(20)25(31)29-12-9-18(16-29)21-6-7-22(33-21)24(30)27-15-17-8-11-28-13-10-26-23(28)14-17/h2-8,10-11,13-14,18H,9,12,15-16H2,1H3,(H,27,30). The third-order valence-electron chi connectivity index (χ3n) is 5.98. The van der Waals surface area contributed by atoms with Crippen LogP contribution in [0.15, 0.2) is 67.1 Å². The quantitative estimate of drug-likeness (QED) is 0.473. The minimum absolute atomic E-state index is 0.0149. The number of amides is 2. The maximum Gasteiger partial charge on any atom is 0.261 e. The molecule has 0 aliphatic carbocycles. The van der Waals surface area contributed by atoms with Crippen LogP contribution in [-0.4, -0.2) is 46.3 Å². The maximum atomic E-state index is 13.0. The number of pyridine rings is 1. The molecular formula is C25H24N4O3S. The van der Waals surface area contributed by atoms with Crippen LogP contribution in [0.5, 0.6) is 5.75 Å². The van der Waals surface area contributed by atoms with Gasteiger partial charge in [-0.2, -0.15) is 0 Å². The fraction of sp³-hybridized carbons (Fsp3) is 0.240. The van der Waals surface area contributed by atoms with Gasteiger partial charge in [-0.3, -0.25) is 9.59 Å². The van der Waals surface area contributed by atoms with Crippen molar-refractivity contribution in [1.29, 1.82) is 0 Å². The number of hydrogen-bond donors (Lipinski definition) is 1. The Balaban J connectivity index is 1.20. The molecule has 7 nitrogen and oxygen atoms in total. The molecule has 5 rings (SSSR count). The summed E-state index contributed by atoms with van der Waals surface area (Å²) in [5, 5.41) is 2.99. The predicted molar refractivity (Wildman–Crippen MR) is 127 cm³/mol. The Morgan fingerprint density at radius 1 is 1.18 bits per heavy atom. The minimum Gasteiger partial charge on any atom is -0.496 e. The molecule has 1 aliphatic rings. The molecule has 1 fully saturated rings. The van der Waals surface area contributed by atoms with E-state index in [0.717, 1.165) is 22.5 Å². The molecular weight excluding hydrogens is 436 g/mol. The van der Waals surface area contributed by atoms with Gasteiger partial charge in [0.25, 0.3) is 11.8 Å². The fourth-order valence-corrected chi connectivity index (χ4v) is 5.24. The van der Waals surface area contributed by atoms with Gasteiger partial charge in [0, 0.05) is 49.0 Å². The number of fused-ring (bicyclic) bond motifs is 1. The number of thiophene rings is 1. The van der Waals surface area contributed by atoms with Crippen molar-refractivity contribution in [3.8, 4) is 5.75 Å². The van der Waals surface area contributed by atoms with Crippen molar-refractivity contribution in [2.24, 2.45) is 0 Å². The summed E-state index contributed by atoms with van der Waals surface area (Å²) in [4.78, 5) is 33.6. The number of likely N-dealkylation sites (tertiary alicyclic amines) is 1. The topological polar surface area (TPSA) is 75.9 Å². The number of nitrogens with zero attached hydrogens (tertiary/aromatic N) is 3. The second-order valence-electron chi connectivity index (χ2n) is 8.05. The van der Waals surface area contributed by atoms with Crippen molar-refractivity contribution in [2.45, 2.75) is 18.9 Å². The first kappa shape index (κ1) is 21.2. The Hall–Kier alpha value is -3.65. The summed E-state index contributed by atoms with van der Waals surface area (Å²) in [6.07, 6.45) is 6.45. The van der Waals surface area contributed by atoms with Gasteiger partial charge >= 0.3 is 0 Å². The molecule has 0 bridgehead atoms. The molecule has 2 amide bonds. The number of rotatable bonds is 6. The average Bonchev–Trinajstić information content (AvgIpc) is 3.61. The summed E-state index contributed by atoms with van der Waals surface area (Å²) < 4.78 is 7.28. The normalized spacial score (nSPS) is 15.7. The molecule has 0 spiro atoms. The molecule has 0 saturated carbocycles. The van der Waals surface area contributed by atoms with E-state index in [1.165, 1.54) is 11.3 Å². The van der Waals surface area contributed by atoms with Crippen molar-refractivity contribution >= 4 is 28.8 Å². The Morgan fingerprint density at radius 3 is 2.94 bits per heavy atom. The minimum atomic E-state index is -0.0885. The lowest BCUT2D eigenvalue weighted by Gasteiger charge is -2.18.